The van der Waals surface area contributed by atoms with Crippen LogP contribution >= 0.6 is 11.3 Å². The molecular weight excluding hydrogens is 433 g/mol. The van der Waals surface area contributed by atoms with Gasteiger partial charge in [-0.25, -0.2) is 19.0 Å². The Bertz CT molecular complexity index is 1390. The zero-order valence-corrected chi connectivity index (χ0v) is 17.8. The Morgan fingerprint density at radius 2 is 1.91 bits per heavy atom. The predicted molar refractivity (Wildman–Crippen MR) is 120 cm³/mol. The molecule has 0 bridgehead atoms. The molecule has 5 rings (SSSR count). The first-order valence-corrected chi connectivity index (χ1v) is 10.4. The molecule has 2 amide bonds. The molecule has 0 saturated carbocycles. The van der Waals surface area contributed by atoms with Crippen LogP contribution in [-0.4, -0.2) is 24.1 Å². The molecule has 0 spiro atoms. The molecule has 3 heterocycles. The number of carbonyl (C=O) groups is 2. The summed E-state index contributed by atoms with van der Waals surface area (Å²) in [6.45, 7) is 1.58. The molecule has 32 heavy (non-hydrogen) atoms. The summed E-state index contributed by atoms with van der Waals surface area (Å²) in [7, 11) is 1.27. The van der Waals surface area contributed by atoms with Gasteiger partial charge in [0.25, 0.3) is 0 Å². The Morgan fingerprint density at radius 3 is 2.66 bits per heavy atom. The van der Waals surface area contributed by atoms with Crippen molar-refractivity contribution in [2.45, 2.75) is 6.92 Å². The SMILES string of the molecule is COC(=O)c1sc2nccc3c2c1NC(=O)N3c1ccc(Oc2ccccc2)c(F)c1C. The average molecular weight is 449 g/mol. The zero-order valence-electron chi connectivity index (χ0n) is 17.0. The van der Waals surface area contributed by atoms with Crippen molar-refractivity contribution in [1.82, 2.24) is 4.98 Å². The summed E-state index contributed by atoms with van der Waals surface area (Å²) in [4.78, 5) is 31.8. The molecular formula is C23H16FN3O4S. The molecule has 0 fully saturated rings. The molecule has 2 aromatic carbocycles. The number of carbonyl (C=O) groups excluding carboxylic acids is 2. The fourth-order valence-electron chi connectivity index (χ4n) is 3.65. The average Bonchev–Trinajstić information content (AvgIpc) is 3.18. The second-order valence-electron chi connectivity index (χ2n) is 7.01. The molecule has 1 aliphatic heterocycles. The van der Waals surface area contributed by atoms with Crippen molar-refractivity contribution in [3.63, 3.8) is 0 Å². The van der Waals surface area contributed by atoms with Crippen LogP contribution in [0.15, 0.2) is 54.7 Å². The van der Waals surface area contributed by atoms with Crippen molar-refractivity contribution >= 4 is 50.6 Å². The molecule has 4 aromatic rings. The maximum Gasteiger partial charge on any atom is 0.350 e. The van der Waals surface area contributed by atoms with Crippen LogP contribution in [0.2, 0.25) is 0 Å². The van der Waals surface area contributed by atoms with E-state index < -0.39 is 17.8 Å². The number of anilines is 3. The van der Waals surface area contributed by atoms with Gasteiger partial charge in [-0.2, -0.15) is 0 Å². The number of aromatic nitrogens is 1. The van der Waals surface area contributed by atoms with Crippen molar-refractivity contribution in [2.75, 3.05) is 17.3 Å². The molecule has 0 unspecified atom stereocenters. The third kappa shape index (κ3) is 3.05. The van der Waals surface area contributed by atoms with Gasteiger partial charge in [0.1, 0.15) is 15.5 Å². The van der Waals surface area contributed by atoms with E-state index >= 15 is 4.39 Å². The number of thiophene rings is 1. The molecule has 0 atom stereocenters. The zero-order chi connectivity index (χ0) is 22.4. The number of nitrogens with one attached hydrogen (secondary N) is 1. The minimum Gasteiger partial charge on any atom is -0.465 e. The summed E-state index contributed by atoms with van der Waals surface area (Å²) in [5, 5.41) is 3.34. The van der Waals surface area contributed by atoms with Crippen molar-refractivity contribution < 1.29 is 23.5 Å². The summed E-state index contributed by atoms with van der Waals surface area (Å²) < 4.78 is 25.7. The van der Waals surface area contributed by atoms with Gasteiger partial charge in [-0.05, 0) is 37.3 Å². The van der Waals surface area contributed by atoms with E-state index in [0.717, 1.165) is 11.3 Å². The molecule has 0 aliphatic carbocycles. The molecule has 1 aliphatic rings. The van der Waals surface area contributed by atoms with Gasteiger partial charge in [0.05, 0.1) is 29.6 Å². The van der Waals surface area contributed by atoms with E-state index in [4.69, 9.17) is 9.47 Å². The Kier molecular flexibility index (Phi) is 4.75. The number of halogens is 1. The lowest BCUT2D eigenvalue weighted by molar-refractivity contribution is 0.0607. The fourth-order valence-corrected chi connectivity index (χ4v) is 4.68. The first-order chi connectivity index (χ1) is 15.5. The number of nitrogens with zero attached hydrogens (tertiary/aromatic N) is 2. The quantitative estimate of drug-likeness (QED) is 0.386. The summed E-state index contributed by atoms with van der Waals surface area (Å²) in [5.41, 5.74) is 1.44. The second kappa shape index (κ2) is 7.61. The number of hydrogen-bond donors (Lipinski definition) is 1. The molecule has 1 N–H and O–H groups in total. The first kappa shape index (κ1) is 20.0. The summed E-state index contributed by atoms with van der Waals surface area (Å²) >= 11 is 1.12. The maximum absolute atomic E-state index is 15.2. The topological polar surface area (TPSA) is 80.8 Å². The van der Waals surface area contributed by atoms with Crippen molar-refractivity contribution in [3.8, 4) is 11.5 Å². The van der Waals surface area contributed by atoms with Crippen LogP contribution in [0.25, 0.3) is 10.2 Å². The number of amides is 2. The molecule has 9 heteroatoms. The Morgan fingerprint density at radius 1 is 1.12 bits per heavy atom. The second-order valence-corrected chi connectivity index (χ2v) is 8.01. The largest absolute Gasteiger partial charge is 0.465 e. The molecule has 7 nitrogen and oxygen atoms in total. The Balaban J connectivity index is 1.62. The molecule has 0 radical (unpaired) electrons. The van der Waals surface area contributed by atoms with Gasteiger partial charge in [-0.1, -0.05) is 18.2 Å². The number of methoxy groups -OCH3 is 1. The van der Waals surface area contributed by atoms with Crippen LogP contribution in [0, 0.1) is 12.7 Å². The Hall–Kier alpha value is -3.98. The molecule has 0 saturated heterocycles. The number of ether oxygens (including phenoxy) is 2. The van der Waals surface area contributed by atoms with Gasteiger partial charge in [0, 0.05) is 11.8 Å². The monoisotopic (exact) mass is 449 g/mol. The maximum atomic E-state index is 15.2. The van der Waals surface area contributed by atoms with Gasteiger partial charge >= 0.3 is 12.0 Å². The minimum absolute atomic E-state index is 0.0546. The van der Waals surface area contributed by atoms with Crippen LogP contribution in [0.3, 0.4) is 0 Å². The van der Waals surface area contributed by atoms with Crippen LogP contribution in [0.4, 0.5) is 26.2 Å². The lowest BCUT2D eigenvalue weighted by Crippen LogP contribution is -2.34. The van der Waals surface area contributed by atoms with Crippen LogP contribution < -0.4 is 15.0 Å². The van der Waals surface area contributed by atoms with Gasteiger partial charge in [0.15, 0.2) is 11.6 Å². The van der Waals surface area contributed by atoms with Crippen molar-refractivity contribution in [3.05, 3.63) is 71.0 Å². The molecule has 160 valence electrons. The van der Waals surface area contributed by atoms with E-state index in [1.165, 1.54) is 18.1 Å². The number of urea groups is 1. The number of esters is 1. The van der Waals surface area contributed by atoms with Gasteiger partial charge < -0.3 is 14.8 Å². The van der Waals surface area contributed by atoms with Crippen molar-refractivity contribution in [2.24, 2.45) is 0 Å². The van der Waals surface area contributed by atoms with E-state index in [2.05, 4.69) is 10.3 Å². The van der Waals surface area contributed by atoms with E-state index in [1.54, 1.807) is 49.5 Å². The van der Waals surface area contributed by atoms with Crippen LogP contribution in [0.1, 0.15) is 15.2 Å². The number of para-hydroxylation sites is 1. The summed E-state index contributed by atoms with van der Waals surface area (Å²) in [6, 6.07) is 13.1. The third-order valence-corrected chi connectivity index (χ3v) is 6.23. The number of benzene rings is 2. The fraction of sp³-hybridized carbons (Fsp3) is 0.0870. The summed E-state index contributed by atoms with van der Waals surface area (Å²) in [6.07, 6.45) is 1.54. The standard InChI is InChI=1S/C23H16FN3O4S/c1-12-14(8-9-16(18(12)24)31-13-6-4-3-5-7-13)27-15-10-11-25-21-17(15)19(26-23(27)29)20(32-21)22(28)30-2/h3-11H,1-2H3,(H,26,29). The first-order valence-electron chi connectivity index (χ1n) is 9.62. The van der Waals surface area contributed by atoms with Crippen LogP contribution in [0.5, 0.6) is 11.5 Å². The highest BCUT2D eigenvalue weighted by molar-refractivity contribution is 7.21. The Labute approximate surface area is 186 Å². The third-order valence-electron chi connectivity index (χ3n) is 5.15. The highest BCUT2D eigenvalue weighted by Crippen LogP contribution is 2.47. The van der Waals surface area contributed by atoms with Crippen LogP contribution in [-0.2, 0) is 4.74 Å². The number of pyridine rings is 1. The highest BCUT2D eigenvalue weighted by Gasteiger charge is 2.34. The van der Waals surface area contributed by atoms with Gasteiger partial charge in [0.2, 0.25) is 0 Å². The summed E-state index contributed by atoms with van der Waals surface area (Å²) in [5.74, 6) is -0.578. The minimum atomic E-state index is -0.573. The predicted octanol–water partition coefficient (Wildman–Crippen LogP) is 6.01. The van der Waals surface area contributed by atoms with E-state index in [-0.39, 0.29) is 16.2 Å². The lowest BCUT2D eigenvalue weighted by Gasteiger charge is -2.29. The van der Waals surface area contributed by atoms with Gasteiger partial charge in [-0.3, -0.25) is 4.90 Å². The lowest BCUT2D eigenvalue weighted by atomic mass is 10.1. The van der Waals surface area contributed by atoms with E-state index in [9.17, 15) is 9.59 Å². The smallest absolute Gasteiger partial charge is 0.350 e. The normalized spacial score (nSPS) is 12.6. The number of rotatable bonds is 4. The van der Waals surface area contributed by atoms with E-state index in [0.29, 0.717) is 33.0 Å². The highest BCUT2D eigenvalue weighted by atomic mass is 32.1. The molecule has 2 aromatic heterocycles. The number of hydrogen-bond acceptors (Lipinski definition) is 6. The van der Waals surface area contributed by atoms with Crippen molar-refractivity contribution in [1.29, 1.82) is 0 Å². The van der Waals surface area contributed by atoms with Gasteiger partial charge in [-0.15, -0.1) is 11.3 Å². The van der Waals surface area contributed by atoms with E-state index in [1.807, 2.05) is 6.07 Å².